The van der Waals surface area contributed by atoms with Gasteiger partial charge >= 0.3 is 5.88 Å². The second kappa shape index (κ2) is 6.22. The van der Waals surface area contributed by atoms with Gasteiger partial charge in [-0.2, -0.15) is 0 Å². The van der Waals surface area contributed by atoms with Gasteiger partial charge in [0.15, 0.2) is 5.70 Å². The zero-order chi connectivity index (χ0) is 16.2. The molecule has 0 unspecified atom stereocenters. The van der Waals surface area contributed by atoms with E-state index in [2.05, 4.69) is 10.3 Å². The Bertz CT molecular complexity index is 780. The quantitative estimate of drug-likeness (QED) is 0.499. The normalized spacial score (nSPS) is 14.8. The molecule has 3 heterocycles. The molecule has 1 aliphatic heterocycles. The average Bonchev–Trinajstić information content (AvgIpc) is 2.97. The van der Waals surface area contributed by atoms with Crippen LogP contribution in [0.15, 0.2) is 54.4 Å². The summed E-state index contributed by atoms with van der Waals surface area (Å²) in [5.41, 5.74) is 0.936. The van der Waals surface area contributed by atoms with Crippen molar-refractivity contribution >= 4 is 11.9 Å². The molecule has 2 N–H and O–H groups in total. The lowest BCUT2D eigenvalue weighted by atomic mass is 10.2. The van der Waals surface area contributed by atoms with E-state index >= 15 is 0 Å². The zero-order valence-electron chi connectivity index (χ0n) is 12.0. The molecule has 1 aliphatic rings. The van der Waals surface area contributed by atoms with Crippen molar-refractivity contribution in [1.29, 1.82) is 0 Å². The largest absolute Gasteiger partial charge is 0.492 e. The number of rotatable bonds is 5. The van der Waals surface area contributed by atoms with Crippen molar-refractivity contribution in [3.8, 4) is 5.75 Å². The zero-order valence-corrected chi connectivity index (χ0v) is 12.0. The molecule has 0 spiro atoms. The minimum absolute atomic E-state index is 0.0532. The van der Waals surface area contributed by atoms with E-state index in [0.29, 0.717) is 19.0 Å². The van der Waals surface area contributed by atoms with Crippen molar-refractivity contribution in [3.05, 3.63) is 70.1 Å². The van der Waals surface area contributed by atoms with Crippen LogP contribution in [-0.2, 0) is 6.54 Å². The summed E-state index contributed by atoms with van der Waals surface area (Å²) in [5, 5.41) is 23.0. The minimum Gasteiger partial charge on any atom is -0.492 e. The fourth-order valence-corrected chi connectivity index (χ4v) is 2.22. The van der Waals surface area contributed by atoms with E-state index in [-0.39, 0.29) is 5.70 Å². The highest BCUT2D eigenvalue weighted by Crippen LogP contribution is 2.27. The third kappa shape index (κ3) is 3.15. The highest BCUT2D eigenvalue weighted by Gasteiger charge is 2.20. The molecule has 0 saturated heterocycles. The third-order valence-corrected chi connectivity index (χ3v) is 3.34. The van der Waals surface area contributed by atoms with Gasteiger partial charge in [-0.15, -0.1) is 0 Å². The number of fused-ring (bicyclic) bond motifs is 1. The molecule has 2 aromatic rings. The molecule has 0 amide bonds. The molecule has 0 radical (unpaired) electrons. The van der Waals surface area contributed by atoms with Gasteiger partial charge in [-0.05, 0) is 30.4 Å². The van der Waals surface area contributed by atoms with E-state index in [1.165, 1.54) is 6.08 Å². The molecule has 0 fully saturated rings. The maximum absolute atomic E-state index is 10.7. The fraction of sp³-hybridized carbons (Fsp3) is 0.133. The van der Waals surface area contributed by atoms with E-state index in [1.54, 1.807) is 30.6 Å². The highest BCUT2D eigenvalue weighted by atomic mass is 16.7. The first-order valence-electron chi connectivity index (χ1n) is 6.90. The van der Waals surface area contributed by atoms with Crippen molar-refractivity contribution in [2.24, 2.45) is 0 Å². The summed E-state index contributed by atoms with van der Waals surface area (Å²) in [4.78, 5) is 13.7. The van der Waals surface area contributed by atoms with Crippen LogP contribution in [0.5, 0.6) is 5.75 Å². The maximum atomic E-state index is 10.7. The summed E-state index contributed by atoms with van der Waals surface area (Å²) in [5.74, 6) is 0.488. The van der Waals surface area contributed by atoms with Crippen molar-refractivity contribution in [2.45, 2.75) is 6.54 Å². The summed E-state index contributed by atoms with van der Waals surface area (Å²) < 4.78 is 7.47. The molecule has 3 rings (SSSR count). The van der Waals surface area contributed by atoms with Crippen molar-refractivity contribution < 1.29 is 14.8 Å². The van der Waals surface area contributed by atoms with Gasteiger partial charge in [0.05, 0.1) is 6.54 Å². The number of aliphatic hydroxyl groups is 1. The second-order valence-electron chi connectivity index (χ2n) is 4.80. The molecule has 2 aromatic heterocycles. The van der Waals surface area contributed by atoms with Crippen molar-refractivity contribution in [3.63, 3.8) is 0 Å². The number of hydrogen-bond donors (Lipinski definition) is 2. The standard InChI is InChI=1S/C15H14N4O4/c20-15(19(21)22)13-2-1-11-5-8-18(14(11)17-13)9-10-23-12-3-6-16-7-4-12/h1-8,17,20H,9-10H2. The van der Waals surface area contributed by atoms with Gasteiger partial charge in [0.1, 0.15) is 23.1 Å². The summed E-state index contributed by atoms with van der Waals surface area (Å²) in [6, 6.07) is 5.41. The number of nitro groups is 1. The first kappa shape index (κ1) is 14.6. The molecule has 23 heavy (non-hydrogen) atoms. The SMILES string of the molecule is O=[N+]([O-])C(O)=C1C=Cc2ccn(CCOc3ccncc3)c2N1. The van der Waals surface area contributed by atoms with Gasteiger partial charge in [-0.3, -0.25) is 15.1 Å². The summed E-state index contributed by atoms with van der Waals surface area (Å²) in [6.45, 7) is 0.974. The number of pyridine rings is 1. The van der Waals surface area contributed by atoms with Crippen LogP contribution in [-0.4, -0.2) is 26.2 Å². The third-order valence-electron chi connectivity index (χ3n) is 3.34. The lowest BCUT2D eigenvalue weighted by Gasteiger charge is -2.16. The van der Waals surface area contributed by atoms with Gasteiger partial charge in [-0.1, -0.05) is 0 Å². The molecule has 0 bridgehead atoms. The lowest BCUT2D eigenvalue weighted by Crippen LogP contribution is -2.15. The van der Waals surface area contributed by atoms with Crippen LogP contribution in [0.25, 0.3) is 6.08 Å². The van der Waals surface area contributed by atoms with Gasteiger partial charge in [-0.25, -0.2) is 0 Å². The Morgan fingerprint density at radius 2 is 2.13 bits per heavy atom. The molecule has 0 saturated carbocycles. The molecule has 0 aliphatic carbocycles. The summed E-state index contributed by atoms with van der Waals surface area (Å²) in [6.07, 6.45) is 8.33. The van der Waals surface area contributed by atoms with E-state index in [4.69, 9.17) is 4.74 Å². The minimum atomic E-state index is -0.910. The van der Waals surface area contributed by atoms with Crippen LogP contribution in [0.1, 0.15) is 5.56 Å². The van der Waals surface area contributed by atoms with Crippen LogP contribution in [0, 0.1) is 10.1 Å². The molecule has 0 atom stereocenters. The Kier molecular flexibility index (Phi) is 3.96. The van der Waals surface area contributed by atoms with Gasteiger partial charge in [0.2, 0.25) is 0 Å². The number of anilines is 1. The topological polar surface area (TPSA) is 102 Å². The molecule has 118 valence electrons. The van der Waals surface area contributed by atoms with E-state index < -0.39 is 10.8 Å². The smallest absolute Gasteiger partial charge is 0.449 e. The van der Waals surface area contributed by atoms with Crippen LogP contribution in [0.4, 0.5) is 5.82 Å². The Morgan fingerprint density at radius 1 is 1.35 bits per heavy atom. The second-order valence-corrected chi connectivity index (χ2v) is 4.80. The Balaban J connectivity index is 1.70. The van der Waals surface area contributed by atoms with Crippen molar-refractivity contribution in [2.75, 3.05) is 11.9 Å². The Labute approximate surface area is 131 Å². The van der Waals surface area contributed by atoms with Gasteiger partial charge in [0, 0.05) is 24.2 Å². The number of ether oxygens (including phenoxy) is 1. The molecule has 8 nitrogen and oxygen atoms in total. The van der Waals surface area contributed by atoms with E-state index in [1.807, 2.05) is 16.8 Å². The van der Waals surface area contributed by atoms with E-state index in [0.717, 1.165) is 11.3 Å². The number of hydrogen-bond acceptors (Lipinski definition) is 6. The van der Waals surface area contributed by atoms with Crippen LogP contribution in [0.2, 0.25) is 0 Å². The fourth-order valence-electron chi connectivity index (χ4n) is 2.22. The van der Waals surface area contributed by atoms with Crippen LogP contribution >= 0.6 is 0 Å². The molecular weight excluding hydrogens is 300 g/mol. The first-order chi connectivity index (χ1) is 11.1. The highest BCUT2D eigenvalue weighted by molar-refractivity contribution is 5.73. The number of aliphatic hydroxyl groups excluding tert-OH is 1. The van der Waals surface area contributed by atoms with Crippen molar-refractivity contribution in [1.82, 2.24) is 9.55 Å². The average molecular weight is 314 g/mol. The monoisotopic (exact) mass is 314 g/mol. The van der Waals surface area contributed by atoms with Crippen LogP contribution < -0.4 is 10.1 Å². The molecule has 8 heteroatoms. The molecular formula is C15H14N4O4. The van der Waals surface area contributed by atoms with E-state index in [9.17, 15) is 15.2 Å². The number of nitrogens with one attached hydrogen (secondary N) is 1. The predicted octanol–water partition coefficient (Wildman–Crippen LogP) is 2.40. The maximum Gasteiger partial charge on any atom is 0.449 e. The van der Waals surface area contributed by atoms with Gasteiger partial charge < -0.3 is 19.7 Å². The Morgan fingerprint density at radius 3 is 2.87 bits per heavy atom. The predicted molar refractivity (Wildman–Crippen MR) is 83.5 cm³/mol. The lowest BCUT2D eigenvalue weighted by molar-refractivity contribution is -0.459. The molecule has 0 aromatic carbocycles. The Hall–Kier alpha value is -3.29. The number of aromatic nitrogens is 2. The van der Waals surface area contributed by atoms with Crippen LogP contribution in [0.3, 0.4) is 0 Å². The number of nitrogens with zero attached hydrogens (tertiary/aromatic N) is 3. The summed E-state index contributed by atoms with van der Waals surface area (Å²) in [7, 11) is 0. The summed E-state index contributed by atoms with van der Waals surface area (Å²) >= 11 is 0. The van der Waals surface area contributed by atoms with Gasteiger partial charge in [0.25, 0.3) is 0 Å². The first-order valence-corrected chi connectivity index (χ1v) is 6.90. The number of allylic oxidation sites excluding steroid dienone is 1.